The number of likely N-dealkylation sites (N-methyl/N-ethyl adjacent to an activating group) is 1. The van der Waals surface area contributed by atoms with Crippen molar-refractivity contribution in [3.8, 4) is 11.3 Å². The van der Waals surface area contributed by atoms with Crippen LogP contribution in [0.5, 0.6) is 0 Å². The number of hydrogen-bond acceptors (Lipinski definition) is 6. The molecule has 2 amide bonds. The summed E-state index contributed by atoms with van der Waals surface area (Å²) in [5.74, 6) is 0.0849. The normalized spacial score (nSPS) is 15.7. The molecule has 0 saturated heterocycles. The van der Waals surface area contributed by atoms with Crippen LogP contribution in [0.3, 0.4) is 0 Å². The molecule has 1 aliphatic rings. The van der Waals surface area contributed by atoms with Gasteiger partial charge in [-0.25, -0.2) is 0 Å². The fourth-order valence-electron chi connectivity index (χ4n) is 3.61. The highest BCUT2D eigenvalue weighted by atomic mass is 16.8. The lowest BCUT2D eigenvalue weighted by Gasteiger charge is -2.29. The summed E-state index contributed by atoms with van der Waals surface area (Å²) in [4.78, 5) is 24.9. The number of carbonyl (C=O) groups is 2. The third kappa shape index (κ3) is 4.52. The zero-order valence-electron chi connectivity index (χ0n) is 15.7. The van der Waals surface area contributed by atoms with Gasteiger partial charge in [0.2, 0.25) is 5.91 Å². The fraction of sp³-hybridized carbons (Fsp3) is 0.400. The topological polar surface area (TPSA) is 115 Å². The first-order valence-electron chi connectivity index (χ1n) is 9.40. The molecule has 1 atom stereocenters. The Balaban J connectivity index is 1.72. The van der Waals surface area contributed by atoms with Gasteiger partial charge in [-0.2, -0.15) is 0 Å². The Kier molecular flexibility index (Phi) is 6.33. The average molecular weight is 387 g/mol. The van der Waals surface area contributed by atoms with Crippen LogP contribution in [-0.2, 0) is 4.79 Å². The van der Waals surface area contributed by atoms with Crippen molar-refractivity contribution in [1.82, 2.24) is 10.6 Å². The largest absolute Gasteiger partial charge is 0.451 e. The summed E-state index contributed by atoms with van der Waals surface area (Å²) in [7, 11) is 1.57. The van der Waals surface area contributed by atoms with Crippen LogP contribution in [0.15, 0.2) is 40.8 Å². The van der Waals surface area contributed by atoms with Crippen molar-refractivity contribution in [3.05, 3.63) is 42.2 Å². The van der Waals surface area contributed by atoms with Gasteiger partial charge in [-0.1, -0.05) is 19.3 Å². The van der Waals surface area contributed by atoms with Crippen LogP contribution in [0.1, 0.15) is 42.7 Å². The maximum Gasteiger partial charge on any atom is 0.287 e. The average Bonchev–Trinajstić information content (AvgIpc) is 3.22. The second-order valence-electron chi connectivity index (χ2n) is 6.96. The number of nitrogens with one attached hydrogen (secondary N) is 2. The highest BCUT2D eigenvalue weighted by Crippen LogP contribution is 2.28. The summed E-state index contributed by atoms with van der Waals surface area (Å²) >= 11 is 0. The van der Waals surface area contributed by atoms with Crippen LogP contribution in [-0.4, -0.2) is 35.3 Å². The number of amides is 2. The van der Waals surface area contributed by atoms with E-state index in [2.05, 4.69) is 10.6 Å². The molecule has 0 unspecified atom stereocenters. The van der Waals surface area contributed by atoms with E-state index in [1.54, 1.807) is 31.3 Å². The van der Waals surface area contributed by atoms with Crippen LogP contribution in [0, 0.1) is 5.92 Å². The van der Waals surface area contributed by atoms with Gasteiger partial charge in [-0.3, -0.25) is 20.0 Å². The summed E-state index contributed by atoms with van der Waals surface area (Å²) < 4.78 is 5.65. The second kappa shape index (κ2) is 8.90. The molecule has 0 aliphatic heterocycles. The molecule has 0 radical (unpaired) electrons. The van der Waals surface area contributed by atoms with Crippen molar-refractivity contribution in [3.63, 3.8) is 0 Å². The zero-order valence-corrected chi connectivity index (χ0v) is 15.7. The number of carbonyl (C=O) groups excluding carboxylic acids is 2. The molecular formula is C20H25N3O5. The lowest BCUT2D eigenvalue weighted by atomic mass is 9.83. The monoisotopic (exact) mass is 387 g/mol. The summed E-state index contributed by atoms with van der Waals surface area (Å²) in [5.41, 5.74) is 0.883. The Morgan fingerprint density at radius 2 is 1.75 bits per heavy atom. The molecule has 1 fully saturated rings. The van der Waals surface area contributed by atoms with Crippen LogP contribution < -0.4 is 15.9 Å². The number of furan rings is 1. The van der Waals surface area contributed by atoms with E-state index in [1.165, 1.54) is 12.1 Å². The van der Waals surface area contributed by atoms with E-state index in [9.17, 15) is 9.59 Å². The minimum absolute atomic E-state index is 0.0228. The molecule has 150 valence electrons. The standard InChI is InChI=1S/C20H25N3O5/c1-21-20(25)18(14-5-3-2-4-6-14)22-19(24)17-12-11-16(28-17)13-7-9-15(10-8-13)23(26)27/h7-12,14,18,26-27H,2-6H2,1H3,(H,21,25)(H,22,24)/t18-/m0/s1. The Bertz CT molecular complexity index is 810. The summed E-state index contributed by atoms with van der Waals surface area (Å²) in [6.45, 7) is 0. The first kappa shape index (κ1) is 19.9. The number of nitrogens with zero attached hydrogens (tertiary/aromatic N) is 1. The van der Waals surface area contributed by atoms with Gasteiger partial charge in [-0.05, 0) is 55.2 Å². The van der Waals surface area contributed by atoms with Crippen molar-refractivity contribution in [1.29, 1.82) is 0 Å². The Hall–Kier alpha value is -2.84. The van der Waals surface area contributed by atoms with Gasteiger partial charge >= 0.3 is 0 Å². The van der Waals surface area contributed by atoms with Gasteiger partial charge in [0.1, 0.15) is 11.8 Å². The highest BCUT2D eigenvalue weighted by molar-refractivity contribution is 5.96. The van der Waals surface area contributed by atoms with Gasteiger partial charge in [0.05, 0.1) is 5.69 Å². The lowest BCUT2D eigenvalue weighted by molar-refractivity contribution is -0.124. The maximum absolute atomic E-state index is 12.6. The molecule has 4 N–H and O–H groups in total. The van der Waals surface area contributed by atoms with Crippen LogP contribution in [0.2, 0.25) is 0 Å². The predicted octanol–water partition coefficient (Wildman–Crippen LogP) is 2.96. The van der Waals surface area contributed by atoms with E-state index in [1.807, 2.05) is 0 Å². The number of hydrogen-bond donors (Lipinski definition) is 4. The molecular weight excluding hydrogens is 362 g/mol. The highest BCUT2D eigenvalue weighted by Gasteiger charge is 2.31. The van der Waals surface area contributed by atoms with Gasteiger partial charge in [0, 0.05) is 12.6 Å². The van der Waals surface area contributed by atoms with E-state index in [0.717, 1.165) is 32.1 Å². The Labute approximate surface area is 163 Å². The summed E-state index contributed by atoms with van der Waals surface area (Å²) in [6, 6.07) is 8.94. The molecule has 1 aliphatic carbocycles. The molecule has 1 saturated carbocycles. The number of rotatable bonds is 6. The lowest BCUT2D eigenvalue weighted by Crippen LogP contribution is -2.50. The van der Waals surface area contributed by atoms with E-state index < -0.39 is 11.9 Å². The number of benzene rings is 1. The number of anilines is 1. The van der Waals surface area contributed by atoms with Crippen molar-refractivity contribution in [2.24, 2.45) is 5.92 Å². The van der Waals surface area contributed by atoms with E-state index in [0.29, 0.717) is 11.3 Å². The first-order chi connectivity index (χ1) is 13.5. The van der Waals surface area contributed by atoms with Crippen molar-refractivity contribution < 1.29 is 24.4 Å². The maximum atomic E-state index is 12.6. The molecule has 28 heavy (non-hydrogen) atoms. The quantitative estimate of drug-likeness (QED) is 0.567. The zero-order chi connectivity index (χ0) is 20.1. The third-order valence-electron chi connectivity index (χ3n) is 5.15. The van der Waals surface area contributed by atoms with Crippen molar-refractivity contribution in [2.45, 2.75) is 38.1 Å². The molecule has 1 aromatic heterocycles. The molecule has 1 aromatic carbocycles. The van der Waals surface area contributed by atoms with E-state index in [4.69, 9.17) is 14.8 Å². The van der Waals surface area contributed by atoms with Gasteiger partial charge in [0.15, 0.2) is 5.76 Å². The van der Waals surface area contributed by atoms with Gasteiger partial charge in [-0.15, -0.1) is 5.23 Å². The predicted molar refractivity (Wildman–Crippen MR) is 102 cm³/mol. The summed E-state index contributed by atoms with van der Waals surface area (Å²) in [6.07, 6.45) is 5.12. The van der Waals surface area contributed by atoms with Crippen LogP contribution in [0.4, 0.5) is 5.69 Å². The van der Waals surface area contributed by atoms with Gasteiger partial charge in [0.25, 0.3) is 5.91 Å². The van der Waals surface area contributed by atoms with Crippen molar-refractivity contribution in [2.75, 3.05) is 12.3 Å². The molecule has 1 heterocycles. The molecule has 0 bridgehead atoms. The molecule has 3 rings (SSSR count). The fourth-order valence-corrected chi connectivity index (χ4v) is 3.61. The third-order valence-corrected chi connectivity index (χ3v) is 5.15. The second-order valence-corrected chi connectivity index (χ2v) is 6.96. The minimum Gasteiger partial charge on any atom is -0.451 e. The van der Waals surface area contributed by atoms with Crippen LogP contribution in [0.25, 0.3) is 11.3 Å². The molecule has 8 heteroatoms. The van der Waals surface area contributed by atoms with E-state index in [-0.39, 0.29) is 28.5 Å². The van der Waals surface area contributed by atoms with Crippen LogP contribution >= 0.6 is 0 Å². The first-order valence-corrected chi connectivity index (χ1v) is 9.40. The van der Waals surface area contributed by atoms with Crippen molar-refractivity contribution >= 4 is 17.5 Å². The van der Waals surface area contributed by atoms with E-state index >= 15 is 0 Å². The summed E-state index contributed by atoms with van der Waals surface area (Å²) in [5, 5.41) is 23.5. The molecule has 0 spiro atoms. The Morgan fingerprint density at radius 1 is 1.07 bits per heavy atom. The molecule has 2 aromatic rings. The molecule has 8 nitrogen and oxygen atoms in total. The van der Waals surface area contributed by atoms with Gasteiger partial charge < -0.3 is 15.1 Å². The Morgan fingerprint density at radius 3 is 2.36 bits per heavy atom. The smallest absolute Gasteiger partial charge is 0.287 e. The minimum atomic E-state index is -0.578. The SMILES string of the molecule is CNC(=O)[C@@H](NC(=O)c1ccc(-c2ccc(N(O)O)cc2)o1)C1CCCCC1.